The van der Waals surface area contributed by atoms with E-state index in [9.17, 15) is 8.78 Å². The van der Waals surface area contributed by atoms with Crippen molar-refractivity contribution < 1.29 is 13.5 Å². The lowest BCUT2D eigenvalue weighted by molar-refractivity contribution is 0.0704. The molecule has 4 rings (SSSR count). The molecule has 1 fully saturated rings. The molecule has 1 aliphatic rings. The Morgan fingerprint density at radius 2 is 2.15 bits per heavy atom. The molecule has 3 heterocycles. The summed E-state index contributed by atoms with van der Waals surface area (Å²) >= 11 is 0. The van der Waals surface area contributed by atoms with Crippen LogP contribution in [0.25, 0.3) is 16.8 Å². The Morgan fingerprint density at radius 1 is 1.27 bits per heavy atom. The van der Waals surface area contributed by atoms with Gasteiger partial charge in [-0.2, -0.15) is 4.98 Å². The Labute approximate surface area is 149 Å². The molecule has 26 heavy (non-hydrogen) atoms. The van der Waals surface area contributed by atoms with E-state index in [-0.39, 0.29) is 12.1 Å². The number of nitrogens with zero attached hydrogens (tertiary/aromatic N) is 3. The van der Waals surface area contributed by atoms with E-state index in [1.165, 1.54) is 12.1 Å². The molecule has 0 unspecified atom stereocenters. The largest absolute Gasteiger partial charge is 0.378 e. The number of nitrogens with one attached hydrogen (secondary N) is 2. The molecule has 0 bridgehead atoms. The summed E-state index contributed by atoms with van der Waals surface area (Å²) in [7, 11) is 1.69. The lowest BCUT2D eigenvalue weighted by Crippen LogP contribution is -2.48. The summed E-state index contributed by atoms with van der Waals surface area (Å²) in [5.74, 6) is -1.28. The Balaban J connectivity index is 1.68. The van der Waals surface area contributed by atoms with Gasteiger partial charge in [0.15, 0.2) is 17.3 Å². The van der Waals surface area contributed by atoms with Gasteiger partial charge in [-0.15, -0.1) is 5.10 Å². The number of piperidine rings is 1. The summed E-state index contributed by atoms with van der Waals surface area (Å²) < 4.78 is 34.0. The van der Waals surface area contributed by atoms with Gasteiger partial charge in [-0.25, -0.2) is 13.3 Å². The maximum absolute atomic E-state index is 13.6. The van der Waals surface area contributed by atoms with Gasteiger partial charge in [-0.1, -0.05) is 6.07 Å². The molecule has 136 valence electrons. The lowest BCUT2D eigenvalue weighted by atomic mass is 10.0. The summed E-state index contributed by atoms with van der Waals surface area (Å²) in [6, 6.07) is 7.52. The first-order chi connectivity index (χ1) is 12.7. The van der Waals surface area contributed by atoms with Crippen LogP contribution in [0.2, 0.25) is 0 Å². The van der Waals surface area contributed by atoms with E-state index in [0.29, 0.717) is 22.7 Å². The number of aromatic nitrogens is 3. The second-order valence-corrected chi connectivity index (χ2v) is 6.27. The molecule has 0 spiro atoms. The summed E-state index contributed by atoms with van der Waals surface area (Å²) in [4.78, 5) is 4.55. The smallest absolute Gasteiger partial charge is 0.243 e. The van der Waals surface area contributed by atoms with Crippen LogP contribution in [0.3, 0.4) is 0 Å². The van der Waals surface area contributed by atoms with Gasteiger partial charge in [0, 0.05) is 25.4 Å². The monoisotopic (exact) mass is 359 g/mol. The van der Waals surface area contributed by atoms with Gasteiger partial charge in [-0.05, 0) is 42.8 Å². The van der Waals surface area contributed by atoms with Crippen LogP contribution in [0, 0.1) is 11.6 Å². The molecule has 0 aliphatic carbocycles. The van der Waals surface area contributed by atoms with Crippen LogP contribution in [-0.2, 0) is 4.74 Å². The van der Waals surface area contributed by atoms with Crippen molar-refractivity contribution in [1.82, 2.24) is 19.9 Å². The van der Waals surface area contributed by atoms with Crippen LogP contribution in [0.4, 0.5) is 14.7 Å². The predicted octanol–water partition coefficient (Wildman–Crippen LogP) is 2.46. The maximum atomic E-state index is 13.6. The fourth-order valence-corrected chi connectivity index (χ4v) is 3.26. The number of rotatable bonds is 4. The van der Waals surface area contributed by atoms with Crippen LogP contribution in [0.5, 0.6) is 0 Å². The van der Waals surface area contributed by atoms with Gasteiger partial charge in [0.1, 0.15) is 0 Å². The van der Waals surface area contributed by atoms with Crippen LogP contribution < -0.4 is 10.6 Å². The zero-order valence-electron chi connectivity index (χ0n) is 14.2. The average Bonchev–Trinajstić information content (AvgIpc) is 3.07. The summed E-state index contributed by atoms with van der Waals surface area (Å²) in [5.41, 5.74) is 1.80. The van der Waals surface area contributed by atoms with Crippen molar-refractivity contribution in [2.45, 2.75) is 18.6 Å². The standard InChI is InChI=1S/C18H19F2N5O/c1-26-16-10-21-7-6-15(16)22-18-23-17-12(3-2-8-25(17)24-18)11-4-5-13(19)14(20)9-11/h2-5,8-9,15-16,21H,6-7,10H2,1H3,(H,22,24)/t15-,16-/m1/s1. The normalized spacial score (nSPS) is 20.4. The minimum atomic E-state index is -0.889. The highest BCUT2D eigenvalue weighted by Crippen LogP contribution is 2.26. The highest BCUT2D eigenvalue weighted by molar-refractivity contribution is 5.77. The topological polar surface area (TPSA) is 63.5 Å². The highest BCUT2D eigenvalue weighted by Gasteiger charge is 2.25. The van der Waals surface area contributed by atoms with Crippen LogP contribution in [0.1, 0.15) is 6.42 Å². The molecule has 8 heteroatoms. The van der Waals surface area contributed by atoms with Gasteiger partial charge in [0.2, 0.25) is 5.95 Å². The minimum absolute atomic E-state index is 0.0287. The molecule has 1 saturated heterocycles. The van der Waals surface area contributed by atoms with E-state index in [4.69, 9.17) is 4.74 Å². The van der Waals surface area contributed by atoms with Crippen molar-refractivity contribution in [3.05, 3.63) is 48.2 Å². The highest BCUT2D eigenvalue weighted by atomic mass is 19.2. The van der Waals surface area contributed by atoms with E-state index >= 15 is 0 Å². The number of hydrogen-bond acceptors (Lipinski definition) is 5. The second-order valence-electron chi connectivity index (χ2n) is 6.27. The average molecular weight is 359 g/mol. The Hall–Kier alpha value is -2.58. The first-order valence-corrected chi connectivity index (χ1v) is 8.46. The van der Waals surface area contributed by atoms with Crippen molar-refractivity contribution in [2.24, 2.45) is 0 Å². The molecule has 0 saturated carbocycles. The molecule has 1 aromatic carbocycles. The van der Waals surface area contributed by atoms with Gasteiger partial charge < -0.3 is 15.4 Å². The molecule has 6 nitrogen and oxygen atoms in total. The minimum Gasteiger partial charge on any atom is -0.378 e. The fourth-order valence-electron chi connectivity index (χ4n) is 3.26. The molecule has 1 aliphatic heterocycles. The number of halogens is 2. The van der Waals surface area contributed by atoms with Gasteiger partial charge >= 0.3 is 0 Å². The molecular weight excluding hydrogens is 340 g/mol. The number of benzene rings is 1. The summed E-state index contributed by atoms with van der Waals surface area (Å²) in [6.07, 6.45) is 2.69. The van der Waals surface area contributed by atoms with Crippen molar-refractivity contribution in [3.63, 3.8) is 0 Å². The van der Waals surface area contributed by atoms with Crippen LogP contribution >= 0.6 is 0 Å². The van der Waals surface area contributed by atoms with Crippen molar-refractivity contribution in [2.75, 3.05) is 25.5 Å². The van der Waals surface area contributed by atoms with E-state index in [2.05, 4.69) is 20.7 Å². The second kappa shape index (κ2) is 6.97. The quantitative estimate of drug-likeness (QED) is 0.749. The predicted molar refractivity (Wildman–Crippen MR) is 94.0 cm³/mol. The van der Waals surface area contributed by atoms with E-state index in [1.54, 1.807) is 23.9 Å². The molecule has 0 amide bonds. The van der Waals surface area contributed by atoms with Crippen molar-refractivity contribution in [1.29, 1.82) is 0 Å². The Bertz CT molecular complexity index is 929. The molecule has 2 atom stereocenters. The molecule has 2 N–H and O–H groups in total. The Kier molecular flexibility index (Phi) is 4.52. The first-order valence-electron chi connectivity index (χ1n) is 8.46. The molecule has 0 radical (unpaired) electrons. The van der Waals surface area contributed by atoms with Gasteiger partial charge in [0.25, 0.3) is 0 Å². The van der Waals surface area contributed by atoms with Crippen LogP contribution in [0.15, 0.2) is 36.5 Å². The fraction of sp³-hybridized carbons (Fsp3) is 0.333. The first kappa shape index (κ1) is 16.9. The van der Waals surface area contributed by atoms with Gasteiger partial charge in [-0.3, -0.25) is 0 Å². The SMILES string of the molecule is CO[C@@H]1CNCC[C@H]1Nc1nc2c(-c3ccc(F)c(F)c3)cccn2n1. The number of methoxy groups -OCH3 is 1. The summed E-state index contributed by atoms with van der Waals surface area (Å²) in [6.45, 7) is 1.66. The zero-order valence-corrected chi connectivity index (χ0v) is 14.2. The summed E-state index contributed by atoms with van der Waals surface area (Å²) in [5, 5.41) is 11.1. The van der Waals surface area contributed by atoms with E-state index in [0.717, 1.165) is 25.6 Å². The third-order valence-corrected chi connectivity index (χ3v) is 4.64. The number of anilines is 1. The van der Waals surface area contributed by atoms with Crippen molar-refractivity contribution >= 4 is 11.6 Å². The maximum Gasteiger partial charge on any atom is 0.243 e. The number of hydrogen-bond donors (Lipinski definition) is 2. The van der Waals surface area contributed by atoms with E-state index < -0.39 is 11.6 Å². The van der Waals surface area contributed by atoms with Crippen molar-refractivity contribution in [3.8, 4) is 11.1 Å². The Morgan fingerprint density at radius 3 is 2.96 bits per heavy atom. The number of pyridine rings is 1. The third-order valence-electron chi connectivity index (χ3n) is 4.64. The molecular formula is C18H19F2N5O. The molecule has 2 aromatic heterocycles. The lowest BCUT2D eigenvalue weighted by Gasteiger charge is -2.31. The number of ether oxygens (including phenoxy) is 1. The molecule has 3 aromatic rings. The van der Waals surface area contributed by atoms with Crippen LogP contribution in [-0.4, -0.2) is 46.9 Å². The zero-order chi connectivity index (χ0) is 18.1. The van der Waals surface area contributed by atoms with Gasteiger partial charge in [0.05, 0.1) is 12.1 Å². The van der Waals surface area contributed by atoms with E-state index in [1.807, 2.05) is 6.07 Å². The third kappa shape index (κ3) is 3.13. The number of fused-ring (bicyclic) bond motifs is 1.